The lowest BCUT2D eigenvalue weighted by atomic mass is 9.76. The molecule has 1 heterocycles. The van der Waals surface area contributed by atoms with Gasteiger partial charge in [-0.15, -0.1) is 11.3 Å². The van der Waals surface area contributed by atoms with Crippen molar-refractivity contribution >= 4 is 11.3 Å². The third-order valence-corrected chi connectivity index (χ3v) is 5.69. The van der Waals surface area contributed by atoms with Crippen LogP contribution in [0.3, 0.4) is 0 Å². The van der Waals surface area contributed by atoms with Gasteiger partial charge in [-0.1, -0.05) is 49.6 Å². The first kappa shape index (κ1) is 14.7. The summed E-state index contributed by atoms with van der Waals surface area (Å²) in [6.45, 7) is 5.15. The van der Waals surface area contributed by atoms with Crippen LogP contribution in [0.5, 0.6) is 0 Å². The van der Waals surface area contributed by atoms with Crippen LogP contribution in [-0.2, 0) is 12.1 Å². The Morgan fingerprint density at radius 3 is 2.43 bits per heavy atom. The molecule has 0 radical (unpaired) electrons. The van der Waals surface area contributed by atoms with Crippen molar-refractivity contribution < 1.29 is 0 Å². The Labute approximate surface area is 131 Å². The van der Waals surface area contributed by atoms with Gasteiger partial charge < -0.3 is 5.32 Å². The van der Waals surface area contributed by atoms with E-state index >= 15 is 0 Å². The van der Waals surface area contributed by atoms with Crippen LogP contribution in [0.25, 0.3) is 0 Å². The van der Waals surface area contributed by atoms with Gasteiger partial charge in [-0.2, -0.15) is 0 Å². The summed E-state index contributed by atoms with van der Waals surface area (Å²) in [7, 11) is 0. The van der Waals surface area contributed by atoms with Gasteiger partial charge in [0.05, 0.1) is 10.7 Å². The minimum Gasteiger partial charge on any atom is -0.302 e. The molecule has 1 aliphatic carbocycles. The van der Waals surface area contributed by atoms with Gasteiger partial charge in [0.15, 0.2) is 0 Å². The van der Waals surface area contributed by atoms with E-state index in [0.717, 1.165) is 6.54 Å². The highest BCUT2D eigenvalue weighted by atomic mass is 32.1. The second-order valence-electron chi connectivity index (χ2n) is 6.10. The highest BCUT2D eigenvalue weighted by Crippen LogP contribution is 2.37. The van der Waals surface area contributed by atoms with Crippen LogP contribution in [-0.4, -0.2) is 4.98 Å². The molecule has 2 aromatic rings. The summed E-state index contributed by atoms with van der Waals surface area (Å²) < 4.78 is 0. The molecule has 1 N–H and O–H groups in total. The zero-order chi connectivity index (χ0) is 14.7. The molecule has 1 fully saturated rings. The van der Waals surface area contributed by atoms with E-state index in [1.807, 2.05) is 11.3 Å². The molecule has 1 aromatic heterocycles. The number of rotatable bonds is 4. The van der Waals surface area contributed by atoms with Crippen LogP contribution >= 0.6 is 11.3 Å². The van der Waals surface area contributed by atoms with Crippen molar-refractivity contribution in [3.8, 4) is 0 Å². The summed E-state index contributed by atoms with van der Waals surface area (Å²) in [5, 5.41) is 5.06. The van der Waals surface area contributed by atoms with Crippen molar-refractivity contribution in [3.05, 3.63) is 51.5 Å². The smallest absolute Gasteiger partial charge is 0.0900 e. The fourth-order valence-electron chi connectivity index (χ4n) is 3.47. The van der Waals surface area contributed by atoms with Crippen molar-refractivity contribution in [2.24, 2.45) is 0 Å². The Hall–Kier alpha value is -1.19. The maximum Gasteiger partial charge on any atom is 0.0900 e. The first-order chi connectivity index (χ1) is 10.2. The van der Waals surface area contributed by atoms with Crippen LogP contribution in [0.2, 0.25) is 0 Å². The standard InChI is InChI=1S/C18H24N2S/c1-14-17(21-15(2)20-14)13-19-18(11-7-4-8-12-18)16-9-5-3-6-10-16/h3,5-6,9-10,19H,4,7-8,11-13H2,1-2H3. The third-order valence-electron chi connectivity index (χ3n) is 4.62. The van der Waals surface area contributed by atoms with Crippen molar-refractivity contribution in [2.45, 2.75) is 58.0 Å². The summed E-state index contributed by atoms with van der Waals surface area (Å²) >= 11 is 1.82. The predicted octanol–water partition coefficient (Wildman–Crippen LogP) is 4.71. The largest absolute Gasteiger partial charge is 0.302 e. The van der Waals surface area contributed by atoms with E-state index in [-0.39, 0.29) is 5.54 Å². The van der Waals surface area contributed by atoms with Crippen molar-refractivity contribution in [1.82, 2.24) is 10.3 Å². The Morgan fingerprint density at radius 2 is 1.81 bits per heavy atom. The molecular weight excluding hydrogens is 276 g/mol. The van der Waals surface area contributed by atoms with Crippen molar-refractivity contribution in [2.75, 3.05) is 0 Å². The monoisotopic (exact) mass is 300 g/mol. The minimum absolute atomic E-state index is 0.157. The molecule has 0 spiro atoms. The van der Waals surface area contributed by atoms with Crippen LogP contribution in [0, 0.1) is 13.8 Å². The van der Waals surface area contributed by atoms with E-state index in [4.69, 9.17) is 0 Å². The van der Waals surface area contributed by atoms with Gasteiger partial charge in [0, 0.05) is 17.0 Å². The topological polar surface area (TPSA) is 24.9 Å². The lowest BCUT2D eigenvalue weighted by Crippen LogP contribution is -2.43. The maximum atomic E-state index is 4.55. The van der Waals surface area contributed by atoms with Gasteiger partial charge in [0.25, 0.3) is 0 Å². The molecule has 3 rings (SSSR count). The Bertz CT molecular complexity index is 583. The number of thiazole rings is 1. The number of hydrogen-bond acceptors (Lipinski definition) is 3. The molecule has 0 amide bonds. The second kappa shape index (κ2) is 6.29. The molecule has 21 heavy (non-hydrogen) atoms. The van der Waals surface area contributed by atoms with E-state index in [1.54, 1.807) is 0 Å². The van der Waals surface area contributed by atoms with E-state index in [1.165, 1.54) is 53.2 Å². The zero-order valence-electron chi connectivity index (χ0n) is 13.0. The predicted molar refractivity (Wildman–Crippen MR) is 89.6 cm³/mol. The molecule has 3 heteroatoms. The number of aromatic nitrogens is 1. The lowest BCUT2D eigenvalue weighted by Gasteiger charge is -2.39. The highest BCUT2D eigenvalue weighted by Gasteiger charge is 2.33. The molecule has 0 aliphatic heterocycles. The molecular formula is C18H24N2S. The SMILES string of the molecule is Cc1nc(C)c(CNC2(c3ccccc3)CCCCC2)s1. The summed E-state index contributed by atoms with van der Waals surface area (Å²) in [5.74, 6) is 0. The molecule has 0 unspecified atom stereocenters. The highest BCUT2D eigenvalue weighted by molar-refractivity contribution is 7.11. The number of benzene rings is 1. The van der Waals surface area contributed by atoms with Gasteiger partial charge in [0.1, 0.15) is 0 Å². The summed E-state index contributed by atoms with van der Waals surface area (Å²) in [6.07, 6.45) is 6.50. The summed E-state index contributed by atoms with van der Waals surface area (Å²) in [5.41, 5.74) is 2.79. The molecule has 0 bridgehead atoms. The number of nitrogens with zero attached hydrogens (tertiary/aromatic N) is 1. The zero-order valence-corrected chi connectivity index (χ0v) is 13.8. The van der Waals surface area contributed by atoms with Crippen LogP contribution < -0.4 is 5.32 Å². The van der Waals surface area contributed by atoms with Crippen molar-refractivity contribution in [3.63, 3.8) is 0 Å². The fourth-order valence-corrected chi connectivity index (χ4v) is 4.34. The Morgan fingerprint density at radius 1 is 1.10 bits per heavy atom. The van der Waals surface area contributed by atoms with Gasteiger partial charge in [0.2, 0.25) is 0 Å². The molecule has 0 saturated heterocycles. The Kier molecular flexibility index (Phi) is 4.41. The average Bonchev–Trinajstić information content (AvgIpc) is 2.85. The van der Waals surface area contributed by atoms with Crippen LogP contribution in [0.1, 0.15) is 53.2 Å². The third kappa shape index (κ3) is 3.19. The van der Waals surface area contributed by atoms with Gasteiger partial charge in [-0.05, 0) is 32.3 Å². The molecule has 0 atom stereocenters. The lowest BCUT2D eigenvalue weighted by molar-refractivity contribution is 0.232. The number of nitrogens with one attached hydrogen (secondary N) is 1. The van der Waals surface area contributed by atoms with E-state index < -0.39 is 0 Å². The number of aryl methyl sites for hydroxylation is 2. The quantitative estimate of drug-likeness (QED) is 0.884. The summed E-state index contributed by atoms with van der Waals surface area (Å²) in [4.78, 5) is 5.93. The van der Waals surface area contributed by atoms with Gasteiger partial charge in [-0.3, -0.25) is 0 Å². The summed E-state index contributed by atoms with van der Waals surface area (Å²) in [6, 6.07) is 11.0. The first-order valence-corrected chi connectivity index (χ1v) is 8.75. The molecule has 112 valence electrons. The van der Waals surface area contributed by atoms with E-state index in [0.29, 0.717) is 0 Å². The number of hydrogen-bond donors (Lipinski definition) is 1. The molecule has 1 saturated carbocycles. The van der Waals surface area contributed by atoms with Crippen LogP contribution in [0.15, 0.2) is 30.3 Å². The normalized spacial score (nSPS) is 17.8. The van der Waals surface area contributed by atoms with E-state index in [9.17, 15) is 0 Å². The van der Waals surface area contributed by atoms with E-state index in [2.05, 4.69) is 54.5 Å². The maximum absolute atomic E-state index is 4.55. The van der Waals surface area contributed by atoms with Crippen molar-refractivity contribution in [1.29, 1.82) is 0 Å². The average molecular weight is 300 g/mol. The minimum atomic E-state index is 0.157. The van der Waals surface area contributed by atoms with Gasteiger partial charge >= 0.3 is 0 Å². The van der Waals surface area contributed by atoms with Gasteiger partial charge in [-0.25, -0.2) is 4.98 Å². The fraction of sp³-hybridized carbons (Fsp3) is 0.500. The molecule has 2 nitrogen and oxygen atoms in total. The molecule has 1 aliphatic rings. The first-order valence-electron chi connectivity index (χ1n) is 7.93. The van der Waals surface area contributed by atoms with Crippen LogP contribution in [0.4, 0.5) is 0 Å². The second-order valence-corrected chi connectivity index (χ2v) is 7.39. The molecule has 1 aromatic carbocycles. The Balaban J connectivity index is 1.81.